The topological polar surface area (TPSA) is 59.1 Å². The van der Waals surface area contributed by atoms with Crippen molar-refractivity contribution in [1.82, 2.24) is 9.97 Å². The Balaban J connectivity index is 2.18. The van der Waals surface area contributed by atoms with Gasteiger partial charge in [0.2, 0.25) is 5.95 Å². The van der Waals surface area contributed by atoms with Crippen molar-refractivity contribution < 1.29 is 4.74 Å². The quantitative estimate of drug-likeness (QED) is 0.817. The van der Waals surface area contributed by atoms with Crippen LogP contribution in [0.25, 0.3) is 0 Å². The van der Waals surface area contributed by atoms with Crippen molar-refractivity contribution in [2.75, 3.05) is 17.7 Å². The van der Waals surface area contributed by atoms with Crippen LogP contribution in [0, 0.1) is 0 Å². The number of hydrogen-bond donors (Lipinski definition) is 2. The smallest absolute Gasteiger partial charge is 0.224 e. The van der Waals surface area contributed by atoms with Crippen LogP contribution in [0.5, 0.6) is 5.75 Å². The van der Waals surface area contributed by atoms with Gasteiger partial charge in [0.25, 0.3) is 0 Å². The molecule has 0 saturated carbocycles. The molecule has 0 radical (unpaired) electrons. The van der Waals surface area contributed by atoms with E-state index in [1.54, 1.807) is 13.2 Å². The lowest BCUT2D eigenvalue weighted by atomic mass is 10.2. The summed E-state index contributed by atoms with van der Waals surface area (Å²) in [5.74, 6) is 2.11. The Labute approximate surface area is 133 Å². The van der Waals surface area contributed by atoms with Gasteiger partial charge in [0, 0.05) is 25.0 Å². The molecule has 0 amide bonds. The highest BCUT2D eigenvalue weighted by atomic mass is 79.9. The number of halogens is 1. The van der Waals surface area contributed by atoms with Crippen LogP contribution in [0.2, 0.25) is 0 Å². The van der Waals surface area contributed by atoms with Gasteiger partial charge in [0.1, 0.15) is 11.6 Å². The third kappa shape index (κ3) is 4.32. The second-order valence-electron chi connectivity index (χ2n) is 4.63. The lowest BCUT2D eigenvalue weighted by Gasteiger charge is -2.14. The van der Waals surface area contributed by atoms with Crippen LogP contribution in [-0.4, -0.2) is 23.1 Å². The van der Waals surface area contributed by atoms with Crippen LogP contribution >= 0.6 is 15.9 Å². The lowest BCUT2D eigenvalue weighted by molar-refractivity contribution is 0.217. The Kier molecular flexibility index (Phi) is 5.38. The minimum Gasteiger partial charge on any atom is -0.491 e. The van der Waals surface area contributed by atoms with E-state index in [1.807, 2.05) is 24.3 Å². The molecule has 1 unspecified atom stereocenters. The summed E-state index contributed by atoms with van der Waals surface area (Å²) in [6.07, 6.45) is 2.88. The summed E-state index contributed by atoms with van der Waals surface area (Å²) in [5.41, 5.74) is 0.914. The number of ether oxygens (including phenoxy) is 1. The first-order valence-electron chi connectivity index (χ1n) is 6.86. The number of aromatic nitrogens is 2. The molecule has 1 aromatic carbocycles. The van der Waals surface area contributed by atoms with Gasteiger partial charge in [-0.25, -0.2) is 4.98 Å². The van der Waals surface area contributed by atoms with Crippen LogP contribution in [0.3, 0.4) is 0 Å². The molecule has 0 spiro atoms. The molecule has 2 rings (SSSR count). The van der Waals surface area contributed by atoms with Gasteiger partial charge in [-0.15, -0.1) is 0 Å². The molecular formula is C15H19BrN4O. The highest BCUT2D eigenvalue weighted by Gasteiger charge is 2.06. The molecule has 6 heteroatoms. The summed E-state index contributed by atoms with van der Waals surface area (Å²) >= 11 is 3.44. The highest BCUT2D eigenvalue weighted by molar-refractivity contribution is 9.10. The monoisotopic (exact) mass is 350 g/mol. The molecule has 21 heavy (non-hydrogen) atoms. The first kappa shape index (κ1) is 15.6. The SMILES string of the molecule is CCC(C)Oc1cccc(Nc2nc(NC)ncc2Br)c1. The van der Waals surface area contributed by atoms with E-state index in [4.69, 9.17) is 4.74 Å². The van der Waals surface area contributed by atoms with Crippen LogP contribution in [-0.2, 0) is 0 Å². The molecule has 1 aromatic heterocycles. The lowest BCUT2D eigenvalue weighted by Crippen LogP contribution is -2.09. The van der Waals surface area contributed by atoms with E-state index >= 15 is 0 Å². The zero-order valence-corrected chi connectivity index (χ0v) is 13.9. The number of benzene rings is 1. The van der Waals surface area contributed by atoms with Gasteiger partial charge in [-0.2, -0.15) is 4.98 Å². The fourth-order valence-electron chi connectivity index (χ4n) is 1.67. The van der Waals surface area contributed by atoms with Crippen LogP contribution in [0.4, 0.5) is 17.5 Å². The molecule has 0 saturated heterocycles. The Hall–Kier alpha value is -1.82. The predicted molar refractivity (Wildman–Crippen MR) is 89.4 cm³/mol. The molecule has 5 nitrogen and oxygen atoms in total. The van der Waals surface area contributed by atoms with Gasteiger partial charge in [-0.3, -0.25) is 0 Å². The van der Waals surface area contributed by atoms with E-state index in [0.29, 0.717) is 11.8 Å². The maximum absolute atomic E-state index is 5.82. The van der Waals surface area contributed by atoms with Gasteiger partial charge in [0.05, 0.1) is 10.6 Å². The third-order valence-electron chi connectivity index (χ3n) is 2.98. The van der Waals surface area contributed by atoms with Crippen LogP contribution in [0.1, 0.15) is 20.3 Å². The van der Waals surface area contributed by atoms with Crippen LogP contribution in [0.15, 0.2) is 34.9 Å². The van der Waals surface area contributed by atoms with E-state index in [9.17, 15) is 0 Å². The second kappa shape index (κ2) is 7.26. The van der Waals surface area contributed by atoms with Crippen molar-refractivity contribution in [2.45, 2.75) is 26.4 Å². The van der Waals surface area contributed by atoms with Crippen molar-refractivity contribution >= 4 is 33.4 Å². The molecule has 0 fully saturated rings. The fourth-order valence-corrected chi connectivity index (χ4v) is 1.96. The standard InChI is InChI=1S/C15H19BrN4O/c1-4-10(2)21-12-7-5-6-11(8-12)19-14-13(16)9-18-15(17-3)20-14/h5-10H,4H2,1-3H3,(H2,17,18,19,20). The number of nitrogens with one attached hydrogen (secondary N) is 2. The van der Waals surface area contributed by atoms with Crippen molar-refractivity contribution in [3.05, 3.63) is 34.9 Å². The van der Waals surface area contributed by atoms with Gasteiger partial charge in [-0.05, 0) is 41.4 Å². The summed E-state index contributed by atoms with van der Waals surface area (Å²) < 4.78 is 6.62. The zero-order valence-electron chi connectivity index (χ0n) is 12.4. The van der Waals surface area contributed by atoms with E-state index in [-0.39, 0.29) is 6.10 Å². The Morgan fingerprint density at radius 1 is 1.38 bits per heavy atom. The molecular weight excluding hydrogens is 332 g/mol. The summed E-state index contributed by atoms with van der Waals surface area (Å²) in [4.78, 5) is 8.51. The molecule has 112 valence electrons. The zero-order chi connectivity index (χ0) is 15.2. The van der Waals surface area contributed by atoms with Gasteiger partial charge < -0.3 is 15.4 Å². The van der Waals surface area contributed by atoms with E-state index in [0.717, 1.165) is 22.3 Å². The normalized spacial score (nSPS) is 11.8. The minimum atomic E-state index is 0.196. The Morgan fingerprint density at radius 3 is 2.90 bits per heavy atom. The molecule has 0 aliphatic rings. The van der Waals surface area contributed by atoms with Crippen molar-refractivity contribution in [3.8, 4) is 5.75 Å². The average molecular weight is 351 g/mol. The maximum atomic E-state index is 5.82. The van der Waals surface area contributed by atoms with Gasteiger partial charge >= 0.3 is 0 Å². The van der Waals surface area contributed by atoms with E-state index in [2.05, 4.69) is 50.4 Å². The number of rotatable bonds is 6. The Bertz CT molecular complexity index is 606. The molecule has 1 atom stereocenters. The van der Waals surface area contributed by atoms with Crippen molar-refractivity contribution in [2.24, 2.45) is 0 Å². The average Bonchev–Trinajstić information content (AvgIpc) is 2.49. The molecule has 2 aromatic rings. The Morgan fingerprint density at radius 2 is 2.19 bits per heavy atom. The summed E-state index contributed by atoms with van der Waals surface area (Å²) in [5, 5.41) is 6.18. The summed E-state index contributed by atoms with van der Waals surface area (Å²) in [7, 11) is 1.79. The highest BCUT2D eigenvalue weighted by Crippen LogP contribution is 2.26. The summed E-state index contributed by atoms with van der Waals surface area (Å²) in [6.45, 7) is 4.16. The third-order valence-corrected chi connectivity index (χ3v) is 3.56. The first-order chi connectivity index (χ1) is 10.1. The van der Waals surface area contributed by atoms with E-state index < -0.39 is 0 Å². The second-order valence-corrected chi connectivity index (χ2v) is 5.48. The van der Waals surface area contributed by atoms with Gasteiger partial charge in [-0.1, -0.05) is 13.0 Å². The molecule has 2 N–H and O–H groups in total. The number of anilines is 3. The number of nitrogens with zero attached hydrogens (tertiary/aromatic N) is 2. The molecule has 1 heterocycles. The summed E-state index contributed by atoms with van der Waals surface area (Å²) in [6, 6.07) is 7.83. The molecule has 0 bridgehead atoms. The maximum Gasteiger partial charge on any atom is 0.224 e. The number of hydrogen-bond acceptors (Lipinski definition) is 5. The van der Waals surface area contributed by atoms with E-state index in [1.165, 1.54) is 0 Å². The van der Waals surface area contributed by atoms with Gasteiger partial charge in [0.15, 0.2) is 0 Å². The molecule has 0 aliphatic carbocycles. The first-order valence-corrected chi connectivity index (χ1v) is 7.65. The van der Waals surface area contributed by atoms with Crippen molar-refractivity contribution in [1.29, 1.82) is 0 Å². The minimum absolute atomic E-state index is 0.196. The largest absolute Gasteiger partial charge is 0.491 e. The fraction of sp³-hybridized carbons (Fsp3) is 0.333. The molecule has 0 aliphatic heterocycles. The van der Waals surface area contributed by atoms with Crippen LogP contribution < -0.4 is 15.4 Å². The predicted octanol–water partition coefficient (Wildman–Crippen LogP) is 4.20. The van der Waals surface area contributed by atoms with Crippen molar-refractivity contribution in [3.63, 3.8) is 0 Å².